The Morgan fingerprint density at radius 3 is 2.32 bits per heavy atom. The van der Waals surface area contributed by atoms with Crippen molar-refractivity contribution in [2.75, 3.05) is 26.4 Å². The molecule has 0 aliphatic rings. The Labute approximate surface area is 115 Å². The van der Waals surface area contributed by atoms with Crippen LogP contribution in [0.1, 0.15) is 26.7 Å². The molecule has 19 heavy (non-hydrogen) atoms. The van der Waals surface area contributed by atoms with Crippen molar-refractivity contribution in [2.24, 2.45) is 0 Å². The smallest absolute Gasteiger partial charge is 0.265 e. The molecule has 6 nitrogen and oxygen atoms in total. The highest BCUT2D eigenvalue weighted by atomic mass is 32.2. The molecule has 1 atom stereocenters. The van der Waals surface area contributed by atoms with Crippen LogP contribution in [-0.4, -0.2) is 55.9 Å². The highest BCUT2D eigenvalue weighted by Gasteiger charge is 2.28. The van der Waals surface area contributed by atoms with Crippen LogP contribution >= 0.6 is 0 Å². The molecule has 0 aromatic heterocycles. The molecule has 7 heteroatoms. The van der Waals surface area contributed by atoms with E-state index in [4.69, 9.17) is 4.55 Å². The third-order valence-corrected chi connectivity index (χ3v) is 3.86. The summed E-state index contributed by atoms with van der Waals surface area (Å²) in [5, 5.41) is 2.88. The van der Waals surface area contributed by atoms with E-state index in [2.05, 4.69) is 11.9 Å². The number of nitrogens with one attached hydrogen (secondary N) is 1. The molecule has 0 aliphatic carbocycles. The number of amides is 1. The van der Waals surface area contributed by atoms with Crippen LogP contribution in [-0.2, 0) is 14.9 Å². The molecular weight excluding hydrogens is 268 g/mol. The second kappa shape index (κ2) is 7.02. The van der Waals surface area contributed by atoms with Gasteiger partial charge in [-0.05, 0) is 6.92 Å². The van der Waals surface area contributed by atoms with Gasteiger partial charge in [0.05, 0.1) is 26.4 Å². The van der Waals surface area contributed by atoms with Gasteiger partial charge in [0, 0.05) is 18.4 Å². The maximum atomic E-state index is 11.6. The average Bonchev–Trinajstić information content (AvgIpc) is 2.22. The quantitative estimate of drug-likeness (QED) is 0.300. The van der Waals surface area contributed by atoms with Gasteiger partial charge in [-0.1, -0.05) is 13.5 Å². The number of hydrogen-bond donors (Lipinski definition) is 2. The van der Waals surface area contributed by atoms with Gasteiger partial charge in [-0.25, -0.2) is 0 Å². The minimum absolute atomic E-state index is 0.120. The number of rotatable bonds is 8. The Morgan fingerprint density at radius 2 is 1.95 bits per heavy atom. The third kappa shape index (κ3) is 7.29. The van der Waals surface area contributed by atoms with Crippen LogP contribution in [0.3, 0.4) is 0 Å². The monoisotopic (exact) mass is 293 g/mol. The standard InChI is InChI=1S/C12H24N2O4S/c1-6-11(13-12(15)10(2)3)14(4,5)8-7-9-19(16,17)18/h11H,2,6-9H2,1,3-5H3,(H-,13,15,16,17,18)/p+1. The average molecular weight is 293 g/mol. The van der Waals surface area contributed by atoms with Crippen LogP contribution in [0.2, 0.25) is 0 Å². The highest BCUT2D eigenvalue weighted by Crippen LogP contribution is 2.10. The van der Waals surface area contributed by atoms with Gasteiger partial charge in [0.25, 0.3) is 16.0 Å². The van der Waals surface area contributed by atoms with Crippen molar-refractivity contribution in [3.8, 4) is 0 Å². The SMILES string of the molecule is C=C(C)C(=O)NC(CC)[N+](C)(C)CCCS(=O)(=O)O. The highest BCUT2D eigenvalue weighted by molar-refractivity contribution is 7.85. The van der Waals surface area contributed by atoms with E-state index in [0.717, 1.165) is 6.42 Å². The third-order valence-electron chi connectivity index (χ3n) is 3.05. The number of carbonyl (C=O) groups is 1. The Kier molecular flexibility index (Phi) is 6.68. The summed E-state index contributed by atoms with van der Waals surface area (Å²) in [6.45, 7) is 7.71. The molecular formula is C12H25N2O4S+. The van der Waals surface area contributed by atoms with Crippen LogP contribution in [0.4, 0.5) is 0 Å². The van der Waals surface area contributed by atoms with Gasteiger partial charge < -0.3 is 9.80 Å². The van der Waals surface area contributed by atoms with E-state index < -0.39 is 10.1 Å². The van der Waals surface area contributed by atoms with Crippen LogP contribution < -0.4 is 5.32 Å². The van der Waals surface area contributed by atoms with Crippen molar-refractivity contribution < 1.29 is 22.2 Å². The Bertz CT molecular complexity index is 429. The van der Waals surface area contributed by atoms with Gasteiger partial charge in [0.15, 0.2) is 6.17 Å². The zero-order valence-corrected chi connectivity index (χ0v) is 13.0. The minimum atomic E-state index is -3.93. The van der Waals surface area contributed by atoms with Gasteiger partial charge in [-0.2, -0.15) is 8.42 Å². The fourth-order valence-corrected chi connectivity index (χ4v) is 2.35. The summed E-state index contributed by atoms with van der Waals surface area (Å²) in [4.78, 5) is 11.6. The fourth-order valence-electron chi connectivity index (χ4n) is 1.86. The van der Waals surface area contributed by atoms with Crippen molar-refractivity contribution in [3.63, 3.8) is 0 Å². The summed E-state index contributed by atoms with van der Waals surface area (Å²) >= 11 is 0. The maximum Gasteiger partial charge on any atom is 0.265 e. The number of hydrogen-bond acceptors (Lipinski definition) is 3. The summed E-state index contributed by atoms with van der Waals surface area (Å²) in [6.07, 6.45) is 0.939. The van der Waals surface area contributed by atoms with Crippen LogP contribution in [0, 0.1) is 0 Å². The van der Waals surface area contributed by atoms with Crippen molar-refractivity contribution in [1.82, 2.24) is 5.32 Å². The molecule has 0 bridgehead atoms. The molecule has 2 N–H and O–H groups in total. The lowest BCUT2D eigenvalue weighted by atomic mass is 10.2. The zero-order chi connectivity index (χ0) is 15.3. The summed E-state index contributed by atoms with van der Waals surface area (Å²) in [7, 11) is -0.0998. The van der Waals surface area contributed by atoms with Crippen molar-refractivity contribution in [2.45, 2.75) is 32.9 Å². The second-order valence-corrected chi connectivity index (χ2v) is 6.89. The van der Waals surface area contributed by atoms with Gasteiger partial charge in [0.1, 0.15) is 0 Å². The van der Waals surface area contributed by atoms with E-state index in [0.29, 0.717) is 23.0 Å². The summed E-state index contributed by atoms with van der Waals surface area (Å²) in [5.41, 5.74) is 0.441. The van der Waals surface area contributed by atoms with Crippen LogP contribution in [0.15, 0.2) is 12.2 Å². The summed E-state index contributed by atoms with van der Waals surface area (Å²) < 4.78 is 30.5. The van der Waals surface area contributed by atoms with Crippen LogP contribution in [0.5, 0.6) is 0 Å². The molecule has 0 saturated carbocycles. The lowest BCUT2D eigenvalue weighted by Gasteiger charge is -2.37. The second-order valence-electron chi connectivity index (χ2n) is 5.32. The van der Waals surface area contributed by atoms with E-state index in [1.807, 2.05) is 21.0 Å². The number of quaternary nitrogens is 1. The van der Waals surface area contributed by atoms with E-state index in [1.54, 1.807) is 6.92 Å². The lowest BCUT2D eigenvalue weighted by molar-refractivity contribution is -0.917. The van der Waals surface area contributed by atoms with E-state index in [9.17, 15) is 13.2 Å². The topological polar surface area (TPSA) is 83.5 Å². The fraction of sp³-hybridized carbons (Fsp3) is 0.750. The Balaban J connectivity index is 4.56. The summed E-state index contributed by atoms with van der Waals surface area (Å²) in [5.74, 6) is -0.465. The molecule has 0 aromatic carbocycles. The summed E-state index contributed by atoms with van der Waals surface area (Å²) in [6, 6.07) is 0. The van der Waals surface area contributed by atoms with E-state index in [-0.39, 0.29) is 17.8 Å². The zero-order valence-electron chi connectivity index (χ0n) is 12.1. The molecule has 0 saturated heterocycles. The Hall–Kier alpha value is -0.920. The molecule has 0 aliphatic heterocycles. The first-order valence-electron chi connectivity index (χ1n) is 6.24. The molecule has 1 amide bonds. The molecule has 0 spiro atoms. The predicted molar refractivity (Wildman–Crippen MR) is 75.0 cm³/mol. The first-order chi connectivity index (χ1) is 8.49. The van der Waals surface area contributed by atoms with Crippen molar-refractivity contribution in [3.05, 3.63) is 12.2 Å². The maximum absolute atomic E-state index is 11.6. The molecule has 0 rings (SSSR count). The largest absolute Gasteiger partial charge is 0.309 e. The predicted octanol–water partition coefficient (Wildman–Crippen LogP) is 0.769. The van der Waals surface area contributed by atoms with Crippen molar-refractivity contribution >= 4 is 16.0 Å². The minimum Gasteiger partial charge on any atom is -0.309 e. The first-order valence-corrected chi connectivity index (χ1v) is 7.84. The molecule has 1 unspecified atom stereocenters. The number of nitrogens with zero attached hydrogens (tertiary/aromatic N) is 1. The number of carbonyl (C=O) groups excluding carboxylic acids is 1. The van der Waals surface area contributed by atoms with Gasteiger partial charge in [-0.3, -0.25) is 9.35 Å². The lowest BCUT2D eigenvalue weighted by Crippen LogP contribution is -2.58. The molecule has 0 fully saturated rings. The molecule has 0 aromatic rings. The van der Waals surface area contributed by atoms with Gasteiger partial charge in [0.2, 0.25) is 0 Å². The van der Waals surface area contributed by atoms with Crippen molar-refractivity contribution in [1.29, 1.82) is 0 Å². The normalized spacial score (nSPS) is 13.9. The van der Waals surface area contributed by atoms with E-state index >= 15 is 0 Å². The van der Waals surface area contributed by atoms with Gasteiger partial charge in [-0.15, -0.1) is 0 Å². The van der Waals surface area contributed by atoms with Crippen LogP contribution in [0.25, 0.3) is 0 Å². The molecule has 112 valence electrons. The molecule has 0 radical (unpaired) electrons. The Morgan fingerprint density at radius 1 is 1.42 bits per heavy atom. The van der Waals surface area contributed by atoms with E-state index in [1.165, 1.54) is 0 Å². The molecule has 0 heterocycles. The first kappa shape index (κ1) is 18.1. The van der Waals surface area contributed by atoms with Gasteiger partial charge >= 0.3 is 0 Å².